The highest BCUT2D eigenvalue weighted by Gasteiger charge is 2.06. The number of hydrogen-bond donors (Lipinski definition) is 2. The number of rotatable bonds is 4. The van der Waals surface area contributed by atoms with Gasteiger partial charge >= 0.3 is 0 Å². The van der Waals surface area contributed by atoms with Crippen molar-refractivity contribution in [1.82, 2.24) is 10.7 Å². The Balaban J connectivity index is 2.05. The number of halogens is 2. The summed E-state index contributed by atoms with van der Waals surface area (Å²) in [6.07, 6.45) is 1.56. The largest absolute Gasteiger partial charge is 0.455 e. The van der Waals surface area contributed by atoms with Crippen LogP contribution in [-0.2, 0) is 0 Å². The van der Waals surface area contributed by atoms with E-state index in [4.69, 9.17) is 28.2 Å². The van der Waals surface area contributed by atoms with Gasteiger partial charge in [0, 0.05) is 16.6 Å². The second-order valence-corrected chi connectivity index (χ2v) is 5.73. The molecule has 4 nitrogen and oxygen atoms in total. The van der Waals surface area contributed by atoms with Crippen LogP contribution in [0.1, 0.15) is 12.7 Å². The minimum absolute atomic E-state index is 0.472. The fourth-order valence-electron chi connectivity index (χ4n) is 1.58. The number of nitrogens with zero attached hydrogens (tertiary/aromatic N) is 1. The van der Waals surface area contributed by atoms with Crippen molar-refractivity contribution in [2.45, 2.75) is 6.92 Å². The molecule has 1 heterocycles. The van der Waals surface area contributed by atoms with Crippen LogP contribution in [-0.4, -0.2) is 17.9 Å². The van der Waals surface area contributed by atoms with Crippen molar-refractivity contribution in [3.05, 3.63) is 45.6 Å². The summed E-state index contributed by atoms with van der Waals surface area (Å²) in [7, 11) is 0. The molecular weight excluding hydrogens is 374 g/mol. The summed E-state index contributed by atoms with van der Waals surface area (Å²) in [5, 5.41) is 8.03. The zero-order valence-corrected chi connectivity index (χ0v) is 14.3. The van der Waals surface area contributed by atoms with Gasteiger partial charge in [0.1, 0.15) is 11.5 Å². The van der Waals surface area contributed by atoms with E-state index in [1.165, 1.54) is 0 Å². The van der Waals surface area contributed by atoms with E-state index < -0.39 is 0 Å². The Labute approximate surface area is 141 Å². The van der Waals surface area contributed by atoms with Gasteiger partial charge in [-0.25, -0.2) is 0 Å². The Bertz CT molecular complexity index is 672. The third-order valence-electron chi connectivity index (χ3n) is 2.53. The molecule has 2 aromatic rings. The van der Waals surface area contributed by atoms with E-state index in [9.17, 15) is 0 Å². The Kier molecular flexibility index (Phi) is 5.78. The number of furan rings is 1. The lowest BCUT2D eigenvalue weighted by Crippen LogP contribution is -2.31. The fraction of sp³-hybridized carbons (Fsp3) is 0.143. The van der Waals surface area contributed by atoms with E-state index in [1.807, 2.05) is 37.3 Å². The van der Waals surface area contributed by atoms with E-state index >= 15 is 0 Å². The first-order valence-electron chi connectivity index (χ1n) is 6.22. The molecule has 0 radical (unpaired) electrons. The normalized spacial score (nSPS) is 10.8. The third-order valence-corrected chi connectivity index (χ3v) is 3.99. The number of benzene rings is 1. The Morgan fingerprint density at radius 3 is 2.95 bits per heavy atom. The lowest BCUT2D eigenvalue weighted by molar-refractivity contribution is 0.574. The highest BCUT2D eigenvalue weighted by Crippen LogP contribution is 2.29. The molecule has 0 saturated carbocycles. The summed E-state index contributed by atoms with van der Waals surface area (Å²) in [6.45, 7) is 2.70. The SMILES string of the molecule is CCNC(=S)N/N=C\c1ccc(-c2ccc(Br)c(Cl)c2)o1. The molecule has 2 rings (SSSR count). The fourth-order valence-corrected chi connectivity index (χ4v) is 2.21. The number of nitrogens with one attached hydrogen (secondary N) is 2. The van der Waals surface area contributed by atoms with E-state index in [0.717, 1.165) is 22.3 Å². The molecule has 7 heteroatoms. The van der Waals surface area contributed by atoms with Gasteiger partial charge in [-0.05, 0) is 59.3 Å². The zero-order valence-electron chi connectivity index (χ0n) is 11.2. The van der Waals surface area contributed by atoms with Crippen molar-refractivity contribution in [3.8, 4) is 11.3 Å². The third kappa shape index (κ3) is 4.56. The number of thiocarbonyl (C=S) groups is 1. The van der Waals surface area contributed by atoms with Gasteiger partial charge in [-0.15, -0.1) is 0 Å². The Morgan fingerprint density at radius 2 is 2.24 bits per heavy atom. The minimum Gasteiger partial charge on any atom is -0.455 e. The minimum atomic E-state index is 0.472. The van der Waals surface area contributed by atoms with E-state index in [1.54, 1.807) is 6.21 Å². The molecule has 0 fully saturated rings. The maximum absolute atomic E-state index is 6.07. The Morgan fingerprint density at radius 1 is 1.43 bits per heavy atom. The van der Waals surface area contributed by atoms with E-state index in [-0.39, 0.29) is 0 Å². The molecule has 0 unspecified atom stereocenters. The molecule has 0 aliphatic heterocycles. The molecule has 0 aliphatic rings. The topological polar surface area (TPSA) is 49.6 Å². The van der Waals surface area contributed by atoms with Crippen LogP contribution in [0.4, 0.5) is 0 Å². The van der Waals surface area contributed by atoms with Gasteiger partial charge in [0.2, 0.25) is 0 Å². The zero-order chi connectivity index (χ0) is 15.2. The van der Waals surface area contributed by atoms with Gasteiger partial charge in [0.15, 0.2) is 5.11 Å². The molecule has 1 aromatic carbocycles. The summed E-state index contributed by atoms with van der Waals surface area (Å²) in [6, 6.07) is 9.33. The van der Waals surface area contributed by atoms with Crippen LogP contribution in [0.25, 0.3) is 11.3 Å². The monoisotopic (exact) mass is 385 g/mol. The van der Waals surface area contributed by atoms with Crippen molar-refractivity contribution in [2.24, 2.45) is 5.10 Å². The average molecular weight is 387 g/mol. The maximum atomic E-state index is 6.07. The second kappa shape index (κ2) is 7.59. The molecule has 0 saturated heterocycles. The van der Waals surface area contributed by atoms with Crippen LogP contribution < -0.4 is 10.7 Å². The van der Waals surface area contributed by atoms with Gasteiger partial charge in [0.05, 0.1) is 11.2 Å². The number of hydrogen-bond acceptors (Lipinski definition) is 3. The van der Waals surface area contributed by atoms with Crippen molar-refractivity contribution in [1.29, 1.82) is 0 Å². The van der Waals surface area contributed by atoms with Gasteiger partial charge in [-0.1, -0.05) is 17.7 Å². The molecular formula is C14H13BrClN3OS. The molecule has 1 aromatic heterocycles. The summed E-state index contributed by atoms with van der Waals surface area (Å²) in [5.74, 6) is 1.34. The van der Waals surface area contributed by atoms with Crippen LogP contribution >= 0.6 is 39.7 Å². The number of hydrazone groups is 1. The van der Waals surface area contributed by atoms with E-state index in [0.29, 0.717) is 15.9 Å². The van der Waals surface area contributed by atoms with Gasteiger partial charge < -0.3 is 9.73 Å². The van der Waals surface area contributed by atoms with Crippen LogP contribution in [0, 0.1) is 0 Å². The highest BCUT2D eigenvalue weighted by molar-refractivity contribution is 9.10. The van der Waals surface area contributed by atoms with Gasteiger partial charge in [-0.2, -0.15) is 5.10 Å². The van der Waals surface area contributed by atoms with Crippen molar-refractivity contribution in [2.75, 3.05) is 6.54 Å². The summed E-state index contributed by atoms with van der Waals surface area (Å²) in [5.41, 5.74) is 3.60. The standard InChI is InChI=1S/C14H13BrClN3OS/c1-2-17-14(21)19-18-8-10-4-6-13(20-10)9-3-5-11(15)12(16)7-9/h3-8H,2H2,1H3,(H2,17,19,21)/b18-8-. The first kappa shape index (κ1) is 16.0. The van der Waals surface area contributed by atoms with Gasteiger partial charge in [0.25, 0.3) is 0 Å². The lowest BCUT2D eigenvalue weighted by Gasteiger charge is -2.02. The predicted octanol–water partition coefficient (Wildman–Crippen LogP) is 4.18. The molecule has 0 spiro atoms. The van der Waals surface area contributed by atoms with Crippen molar-refractivity contribution in [3.63, 3.8) is 0 Å². The molecule has 110 valence electrons. The predicted molar refractivity (Wildman–Crippen MR) is 93.9 cm³/mol. The van der Waals surface area contributed by atoms with Crippen LogP contribution in [0.5, 0.6) is 0 Å². The molecule has 0 aliphatic carbocycles. The average Bonchev–Trinajstić information content (AvgIpc) is 2.91. The molecule has 21 heavy (non-hydrogen) atoms. The highest BCUT2D eigenvalue weighted by atomic mass is 79.9. The lowest BCUT2D eigenvalue weighted by atomic mass is 10.2. The smallest absolute Gasteiger partial charge is 0.186 e. The molecule has 0 bridgehead atoms. The van der Waals surface area contributed by atoms with Crippen LogP contribution in [0.2, 0.25) is 5.02 Å². The van der Waals surface area contributed by atoms with Crippen molar-refractivity contribution < 1.29 is 4.42 Å². The molecule has 0 amide bonds. The second-order valence-electron chi connectivity index (χ2n) is 4.06. The van der Waals surface area contributed by atoms with Gasteiger partial charge in [-0.3, -0.25) is 5.43 Å². The molecule has 0 atom stereocenters. The van der Waals surface area contributed by atoms with Crippen LogP contribution in [0.3, 0.4) is 0 Å². The first-order chi connectivity index (χ1) is 10.1. The summed E-state index contributed by atoms with van der Waals surface area (Å²) < 4.78 is 6.53. The maximum Gasteiger partial charge on any atom is 0.186 e. The Hall–Kier alpha value is -1.37. The summed E-state index contributed by atoms with van der Waals surface area (Å²) in [4.78, 5) is 0. The summed E-state index contributed by atoms with van der Waals surface area (Å²) >= 11 is 14.4. The van der Waals surface area contributed by atoms with Crippen molar-refractivity contribution >= 4 is 51.1 Å². The molecule has 2 N–H and O–H groups in total. The van der Waals surface area contributed by atoms with Crippen LogP contribution in [0.15, 0.2) is 44.3 Å². The first-order valence-corrected chi connectivity index (χ1v) is 7.80. The van der Waals surface area contributed by atoms with E-state index in [2.05, 4.69) is 31.8 Å². The quantitative estimate of drug-likeness (QED) is 0.470.